The van der Waals surface area contributed by atoms with E-state index >= 15 is 0 Å². The quantitative estimate of drug-likeness (QED) is 0.800. The number of benzene rings is 1. The van der Waals surface area contributed by atoms with Gasteiger partial charge in [-0.3, -0.25) is 0 Å². The summed E-state index contributed by atoms with van der Waals surface area (Å²) in [5.41, 5.74) is 0.961. The largest absolute Gasteiger partial charge is 0.495 e. The molecule has 1 saturated heterocycles. The van der Waals surface area contributed by atoms with Gasteiger partial charge < -0.3 is 14.0 Å². The number of alkyl halides is 2. The molecule has 21 heavy (non-hydrogen) atoms. The van der Waals surface area contributed by atoms with Crippen molar-refractivity contribution in [2.24, 2.45) is 0 Å². The summed E-state index contributed by atoms with van der Waals surface area (Å²) >= 11 is 0. The molecule has 0 aliphatic carbocycles. The van der Waals surface area contributed by atoms with Gasteiger partial charge in [-0.2, -0.15) is 0 Å². The third kappa shape index (κ3) is 3.38. The topological polar surface area (TPSA) is 27.7 Å². The van der Waals surface area contributed by atoms with E-state index < -0.39 is 31.4 Å². The van der Waals surface area contributed by atoms with Crippen molar-refractivity contribution < 1.29 is 22.8 Å². The van der Waals surface area contributed by atoms with E-state index in [2.05, 4.69) is 0 Å². The van der Waals surface area contributed by atoms with Crippen LogP contribution in [0.4, 0.5) is 8.78 Å². The Morgan fingerprint density at radius 1 is 1.14 bits per heavy atom. The molecule has 1 heterocycles. The van der Waals surface area contributed by atoms with Gasteiger partial charge in [0.1, 0.15) is 12.4 Å². The number of aryl methyl sites for hydroxylation is 1. The summed E-state index contributed by atoms with van der Waals surface area (Å²) in [5.74, 6) is 0.424. The molecule has 1 aliphatic rings. The molecule has 0 spiro atoms. The van der Waals surface area contributed by atoms with Gasteiger partial charge in [-0.15, -0.1) is 0 Å². The fraction of sp³-hybridized carbons (Fsp3) is 0.600. The van der Waals surface area contributed by atoms with E-state index in [0.717, 1.165) is 11.0 Å². The Balaban J connectivity index is 2.15. The Kier molecular flexibility index (Phi) is 4.31. The first-order chi connectivity index (χ1) is 9.62. The molecular weight excluding hydrogens is 277 g/mol. The van der Waals surface area contributed by atoms with E-state index in [1.165, 1.54) is 0 Å². The van der Waals surface area contributed by atoms with E-state index in [1.807, 2.05) is 34.6 Å². The molecule has 6 heteroatoms. The lowest BCUT2D eigenvalue weighted by Gasteiger charge is -2.32. The van der Waals surface area contributed by atoms with Gasteiger partial charge in [-0.05, 0) is 57.8 Å². The average molecular weight is 298 g/mol. The lowest BCUT2D eigenvalue weighted by atomic mass is 9.76. The van der Waals surface area contributed by atoms with E-state index in [0.29, 0.717) is 5.75 Å². The summed E-state index contributed by atoms with van der Waals surface area (Å²) in [6, 6.07) is 5.19. The summed E-state index contributed by atoms with van der Waals surface area (Å²) in [5, 5.41) is 0. The van der Waals surface area contributed by atoms with Crippen LogP contribution in [0.1, 0.15) is 33.3 Å². The number of ether oxygens (including phenoxy) is 1. The Hall–Kier alpha value is -1.14. The number of halogens is 2. The van der Waals surface area contributed by atoms with Crippen LogP contribution in [-0.2, 0) is 9.31 Å². The molecule has 1 fully saturated rings. The second-order valence-electron chi connectivity index (χ2n) is 6.31. The van der Waals surface area contributed by atoms with Crippen LogP contribution in [0.5, 0.6) is 5.75 Å². The van der Waals surface area contributed by atoms with E-state index in [-0.39, 0.29) is 0 Å². The predicted octanol–water partition coefficient (Wildman–Crippen LogP) is 2.94. The summed E-state index contributed by atoms with van der Waals surface area (Å²) < 4.78 is 41.3. The van der Waals surface area contributed by atoms with Gasteiger partial charge in [0.25, 0.3) is 6.43 Å². The van der Waals surface area contributed by atoms with Crippen molar-refractivity contribution in [2.75, 3.05) is 6.61 Å². The Labute approximate surface area is 124 Å². The van der Waals surface area contributed by atoms with Crippen LogP contribution in [-0.4, -0.2) is 31.4 Å². The molecule has 1 aromatic rings. The van der Waals surface area contributed by atoms with Crippen molar-refractivity contribution in [2.45, 2.75) is 52.2 Å². The van der Waals surface area contributed by atoms with Gasteiger partial charge in [0, 0.05) is 0 Å². The molecule has 0 N–H and O–H groups in total. The van der Waals surface area contributed by atoms with Gasteiger partial charge in [0.2, 0.25) is 0 Å². The predicted molar refractivity (Wildman–Crippen MR) is 78.4 cm³/mol. The fourth-order valence-corrected chi connectivity index (χ4v) is 2.13. The average Bonchev–Trinajstić information content (AvgIpc) is 2.55. The van der Waals surface area contributed by atoms with E-state index in [4.69, 9.17) is 14.0 Å². The molecule has 0 saturated carbocycles. The minimum absolute atomic E-state index is 0.408. The SMILES string of the molecule is Cc1cc(OCC(F)F)ccc1B1OC(C)(C)C(C)(C)O1. The lowest BCUT2D eigenvalue weighted by Crippen LogP contribution is -2.41. The second kappa shape index (κ2) is 5.57. The molecule has 0 aromatic heterocycles. The Morgan fingerprint density at radius 2 is 1.71 bits per heavy atom. The third-order valence-electron chi connectivity index (χ3n) is 4.12. The smallest absolute Gasteiger partial charge is 0.488 e. The third-order valence-corrected chi connectivity index (χ3v) is 4.12. The summed E-state index contributed by atoms with van der Waals surface area (Å²) in [4.78, 5) is 0. The normalized spacial score (nSPS) is 20.1. The number of hydrogen-bond acceptors (Lipinski definition) is 3. The highest BCUT2D eigenvalue weighted by molar-refractivity contribution is 6.62. The minimum atomic E-state index is -2.48. The molecular formula is C15H21BF2O3. The highest BCUT2D eigenvalue weighted by atomic mass is 19.3. The van der Waals surface area contributed by atoms with Crippen molar-refractivity contribution >= 4 is 12.6 Å². The molecule has 0 radical (unpaired) electrons. The maximum Gasteiger partial charge on any atom is 0.495 e. The molecule has 1 aliphatic heterocycles. The summed E-state index contributed by atoms with van der Waals surface area (Å²) in [6.07, 6.45) is -2.48. The Morgan fingerprint density at radius 3 is 2.19 bits per heavy atom. The summed E-state index contributed by atoms with van der Waals surface area (Å²) in [7, 11) is -0.459. The number of hydrogen-bond donors (Lipinski definition) is 0. The molecule has 2 rings (SSSR count). The lowest BCUT2D eigenvalue weighted by molar-refractivity contribution is 0.00578. The molecule has 116 valence electrons. The van der Waals surface area contributed by atoms with Crippen LogP contribution in [0.25, 0.3) is 0 Å². The van der Waals surface area contributed by atoms with Gasteiger partial charge in [0.05, 0.1) is 11.2 Å². The van der Waals surface area contributed by atoms with Crippen LogP contribution >= 0.6 is 0 Å². The first-order valence-electron chi connectivity index (χ1n) is 6.99. The van der Waals surface area contributed by atoms with Gasteiger partial charge in [-0.25, -0.2) is 8.78 Å². The van der Waals surface area contributed by atoms with Gasteiger partial charge in [-0.1, -0.05) is 6.07 Å². The standard InChI is InChI=1S/C15H21BF2O3/c1-10-8-11(19-9-13(17)18)6-7-12(10)16-20-14(2,3)15(4,5)21-16/h6-8,13H,9H2,1-5H3. The van der Waals surface area contributed by atoms with Crippen LogP contribution in [0.2, 0.25) is 0 Å². The molecule has 0 unspecified atom stereocenters. The van der Waals surface area contributed by atoms with Crippen LogP contribution in [0.3, 0.4) is 0 Å². The maximum atomic E-state index is 12.2. The van der Waals surface area contributed by atoms with E-state index in [9.17, 15) is 8.78 Å². The second-order valence-corrected chi connectivity index (χ2v) is 6.31. The van der Waals surface area contributed by atoms with Crippen LogP contribution in [0, 0.1) is 6.92 Å². The first-order valence-corrected chi connectivity index (χ1v) is 6.99. The number of rotatable bonds is 4. The van der Waals surface area contributed by atoms with Gasteiger partial charge in [0.15, 0.2) is 0 Å². The molecule has 1 aromatic carbocycles. The molecule has 0 amide bonds. The minimum Gasteiger partial charge on any atom is -0.488 e. The molecule has 3 nitrogen and oxygen atoms in total. The highest BCUT2D eigenvalue weighted by Crippen LogP contribution is 2.36. The van der Waals surface area contributed by atoms with Crippen molar-refractivity contribution in [3.05, 3.63) is 23.8 Å². The van der Waals surface area contributed by atoms with Crippen molar-refractivity contribution in [1.29, 1.82) is 0 Å². The van der Waals surface area contributed by atoms with Crippen LogP contribution in [0.15, 0.2) is 18.2 Å². The maximum absolute atomic E-state index is 12.2. The van der Waals surface area contributed by atoms with E-state index in [1.54, 1.807) is 18.2 Å². The zero-order valence-corrected chi connectivity index (χ0v) is 13.1. The molecule has 0 bridgehead atoms. The van der Waals surface area contributed by atoms with Crippen LogP contribution < -0.4 is 10.2 Å². The summed E-state index contributed by atoms with van der Waals surface area (Å²) in [6.45, 7) is 9.24. The van der Waals surface area contributed by atoms with Crippen molar-refractivity contribution in [1.82, 2.24) is 0 Å². The zero-order valence-electron chi connectivity index (χ0n) is 13.1. The van der Waals surface area contributed by atoms with Crippen molar-refractivity contribution in [3.8, 4) is 5.75 Å². The highest BCUT2D eigenvalue weighted by Gasteiger charge is 2.52. The van der Waals surface area contributed by atoms with Gasteiger partial charge >= 0.3 is 7.12 Å². The fourth-order valence-electron chi connectivity index (χ4n) is 2.13. The molecule has 0 atom stereocenters. The van der Waals surface area contributed by atoms with Crippen molar-refractivity contribution in [3.63, 3.8) is 0 Å². The first kappa shape index (κ1) is 16.2. The zero-order chi connectivity index (χ0) is 15.8. The Bertz CT molecular complexity index is 502. The monoisotopic (exact) mass is 298 g/mol.